The highest BCUT2D eigenvalue weighted by Crippen LogP contribution is 2.21. The SMILES string of the molecule is ON[C@H]1CC=C[C@@H]1Cc1ccccc1. The van der Waals surface area contributed by atoms with Crippen molar-refractivity contribution in [2.45, 2.75) is 18.9 Å². The lowest BCUT2D eigenvalue weighted by Crippen LogP contribution is -2.30. The normalized spacial score (nSPS) is 25.5. The van der Waals surface area contributed by atoms with E-state index in [1.54, 1.807) is 0 Å². The predicted molar refractivity (Wildman–Crippen MR) is 56.1 cm³/mol. The van der Waals surface area contributed by atoms with E-state index < -0.39 is 0 Å². The van der Waals surface area contributed by atoms with Crippen molar-refractivity contribution in [3.05, 3.63) is 48.0 Å². The van der Waals surface area contributed by atoms with Gasteiger partial charge in [-0.3, -0.25) is 0 Å². The van der Waals surface area contributed by atoms with Crippen LogP contribution >= 0.6 is 0 Å². The molecule has 0 spiro atoms. The van der Waals surface area contributed by atoms with E-state index in [0.29, 0.717) is 5.92 Å². The molecule has 2 heteroatoms. The fourth-order valence-corrected chi connectivity index (χ4v) is 1.95. The van der Waals surface area contributed by atoms with Gasteiger partial charge in [-0.1, -0.05) is 42.5 Å². The number of rotatable bonds is 3. The molecule has 0 amide bonds. The maximum Gasteiger partial charge on any atom is 0.0419 e. The summed E-state index contributed by atoms with van der Waals surface area (Å²) in [6.45, 7) is 0. The van der Waals surface area contributed by atoms with Crippen LogP contribution in [0, 0.1) is 5.92 Å². The Balaban J connectivity index is 2.01. The Kier molecular flexibility index (Phi) is 2.96. The molecule has 0 fully saturated rings. The first-order chi connectivity index (χ1) is 6.90. The molecule has 0 heterocycles. The third-order valence-electron chi connectivity index (χ3n) is 2.77. The van der Waals surface area contributed by atoms with Gasteiger partial charge in [-0.05, 0) is 24.3 Å². The number of benzene rings is 1. The summed E-state index contributed by atoms with van der Waals surface area (Å²) in [6, 6.07) is 10.6. The number of hydrogen-bond acceptors (Lipinski definition) is 2. The van der Waals surface area contributed by atoms with Crippen molar-refractivity contribution in [3.8, 4) is 0 Å². The monoisotopic (exact) mass is 189 g/mol. The van der Waals surface area contributed by atoms with Gasteiger partial charge in [0.15, 0.2) is 0 Å². The van der Waals surface area contributed by atoms with Crippen LogP contribution in [0.5, 0.6) is 0 Å². The van der Waals surface area contributed by atoms with Crippen LogP contribution < -0.4 is 5.48 Å². The third kappa shape index (κ3) is 2.03. The van der Waals surface area contributed by atoms with E-state index in [1.165, 1.54) is 5.56 Å². The summed E-state index contributed by atoms with van der Waals surface area (Å²) in [5.74, 6) is 0.419. The van der Waals surface area contributed by atoms with Crippen LogP contribution in [0.1, 0.15) is 12.0 Å². The van der Waals surface area contributed by atoms with E-state index in [-0.39, 0.29) is 6.04 Å². The van der Waals surface area contributed by atoms with Crippen molar-refractivity contribution in [2.75, 3.05) is 0 Å². The van der Waals surface area contributed by atoms with Crippen molar-refractivity contribution in [1.82, 2.24) is 5.48 Å². The van der Waals surface area contributed by atoms with Gasteiger partial charge >= 0.3 is 0 Å². The Morgan fingerprint density at radius 2 is 2.07 bits per heavy atom. The highest BCUT2D eigenvalue weighted by molar-refractivity contribution is 5.18. The molecule has 2 N–H and O–H groups in total. The summed E-state index contributed by atoms with van der Waals surface area (Å²) < 4.78 is 0. The van der Waals surface area contributed by atoms with Crippen LogP contribution in [0.2, 0.25) is 0 Å². The highest BCUT2D eigenvalue weighted by Gasteiger charge is 2.21. The van der Waals surface area contributed by atoms with Crippen LogP contribution in [-0.4, -0.2) is 11.2 Å². The molecule has 0 unspecified atom stereocenters. The molecule has 2 atom stereocenters. The van der Waals surface area contributed by atoms with Gasteiger partial charge in [-0.25, -0.2) is 5.48 Å². The van der Waals surface area contributed by atoms with Gasteiger partial charge in [0.2, 0.25) is 0 Å². The number of hydroxylamine groups is 1. The van der Waals surface area contributed by atoms with Gasteiger partial charge < -0.3 is 5.21 Å². The number of hydrogen-bond donors (Lipinski definition) is 2. The van der Waals surface area contributed by atoms with E-state index >= 15 is 0 Å². The lowest BCUT2D eigenvalue weighted by atomic mass is 9.95. The van der Waals surface area contributed by atoms with E-state index in [4.69, 9.17) is 5.21 Å². The van der Waals surface area contributed by atoms with Crippen LogP contribution in [0.15, 0.2) is 42.5 Å². The molecule has 0 bridgehead atoms. The Hall–Kier alpha value is -1.12. The van der Waals surface area contributed by atoms with Crippen LogP contribution in [0.4, 0.5) is 0 Å². The van der Waals surface area contributed by atoms with Crippen molar-refractivity contribution >= 4 is 0 Å². The van der Waals surface area contributed by atoms with Gasteiger partial charge in [0.1, 0.15) is 0 Å². The number of nitrogens with one attached hydrogen (secondary N) is 1. The average Bonchev–Trinajstić information content (AvgIpc) is 2.67. The summed E-state index contributed by atoms with van der Waals surface area (Å²) in [7, 11) is 0. The maximum absolute atomic E-state index is 8.92. The van der Waals surface area contributed by atoms with Gasteiger partial charge in [0, 0.05) is 6.04 Å². The van der Waals surface area contributed by atoms with Crippen molar-refractivity contribution < 1.29 is 5.21 Å². The van der Waals surface area contributed by atoms with Gasteiger partial charge in [-0.2, -0.15) is 0 Å². The Labute approximate surface area is 84.2 Å². The molecule has 1 aliphatic carbocycles. The highest BCUT2D eigenvalue weighted by atomic mass is 16.5. The summed E-state index contributed by atoms with van der Waals surface area (Å²) in [5, 5.41) is 8.92. The van der Waals surface area contributed by atoms with Crippen LogP contribution in [-0.2, 0) is 6.42 Å². The summed E-state index contributed by atoms with van der Waals surface area (Å²) in [4.78, 5) is 0. The zero-order chi connectivity index (χ0) is 9.80. The lowest BCUT2D eigenvalue weighted by Gasteiger charge is -2.17. The van der Waals surface area contributed by atoms with E-state index in [1.807, 2.05) is 6.07 Å². The molecule has 0 saturated heterocycles. The van der Waals surface area contributed by atoms with Gasteiger partial charge in [-0.15, -0.1) is 0 Å². The fraction of sp³-hybridized carbons (Fsp3) is 0.333. The Bertz CT molecular complexity index is 307. The van der Waals surface area contributed by atoms with Crippen molar-refractivity contribution in [1.29, 1.82) is 0 Å². The maximum atomic E-state index is 8.92. The second-order valence-corrected chi connectivity index (χ2v) is 3.75. The van der Waals surface area contributed by atoms with Crippen molar-refractivity contribution in [3.63, 3.8) is 0 Å². The minimum absolute atomic E-state index is 0.190. The van der Waals surface area contributed by atoms with E-state index in [2.05, 4.69) is 41.9 Å². The standard InChI is InChI=1S/C12H15NO/c14-13-12-8-4-7-11(12)9-10-5-2-1-3-6-10/h1-7,11-14H,8-9H2/t11-,12+/m1/s1. The topological polar surface area (TPSA) is 32.3 Å². The molecule has 2 nitrogen and oxygen atoms in total. The second kappa shape index (κ2) is 4.40. The quantitative estimate of drug-likeness (QED) is 0.564. The minimum atomic E-state index is 0.190. The molecule has 14 heavy (non-hydrogen) atoms. The third-order valence-corrected chi connectivity index (χ3v) is 2.77. The summed E-state index contributed by atoms with van der Waals surface area (Å²) in [6.07, 6.45) is 6.23. The average molecular weight is 189 g/mol. The first-order valence-electron chi connectivity index (χ1n) is 5.00. The predicted octanol–water partition coefficient (Wildman–Crippen LogP) is 2.15. The molecular weight excluding hydrogens is 174 g/mol. The Morgan fingerprint density at radius 3 is 2.79 bits per heavy atom. The zero-order valence-electron chi connectivity index (χ0n) is 8.06. The first kappa shape index (κ1) is 9.44. The molecule has 1 aromatic rings. The minimum Gasteiger partial charge on any atom is -0.317 e. The fourth-order valence-electron chi connectivity index (χ4n) is 1.95. The molecular formula is C12H15NO. The Morgan fingerprint density at radius 1 is 1.29 bits per heavy atom. The lowest BCUT2D eigenvalue weighted by molar-refractivity contribution is 0.112. The van der Waals surface area contributed by atoms with Crippen LogP contribution in [0.3, 0.4) is 0 Å². The first-order valence-corrected chi connectivity index (χ1v) is 5.00. The van der Waals surface area contributed by atoms with Crippen LogP contribution in [0.25, 0.3) is 0 Å². The van der Waals surface area contributed by atoms with Gasteiger partial charge in [0.05, 0.1) is 0 Å². The van der Waals surface area contributed by atoms with E-state index in [9.17, 15) is 0 Å². The molecule has 1 aliphatic rings. The second-order valence-electron chi connectivity index (χ2n) is 3.75. The largest absolute Gasteiger partial charge is 0.317 e. The molecule has 0 aromatic heterocycles. The molecule has 0 saturated carbocycles. The molecule has 1 aromatic carbocycles. The smallest absolute Gasteiger partial charge is 0.0419 e. The van der Waals surface area contributed by atoms with E-state index in [0.717, 1.165) is 12.8 Å². The zero-order valence-corrected chi connectivity index (χ0v) is 8.06. The van der Waals surface area contributed by atoms with Crippen molar-refractivity contribution in [2.24, 2.45) is 5.92 Å². The van der Waals surface area contributed by atoms with Gasteiger partial charge in [0.25, 0.3) is 0 Å². The molecule has 74 valence electrons. The molecule has 2 rings (SSSR count). The molecule has 0 radical (unpaired) electrons. The summed E-state index contributed by atoms with van der Waals surface area (Å²) in [5.41, 5.74) is 3.70. The summed E-state index contributed by atoms with van der Waals surface area (Å²) >= 11 is 0. The molecule has 0 aliphatic heterocycles.